The minimum Gasteiger partial charge on any atom is -0.493 e. The van der Waals surface area contributed by atoms with Crippen LogP contribution in [-0.4, -0.2) is 28.8 Å². The van der Waals surface area contributed by atoms with Gasteiger partial charge in [0.25, 0.3) is 0 Å². The normalized spacial score (nSPS) is 11.6. The zero-order valence-electron chi connectivity index (χ0n) is 8.84. The molecule has 0 radical (unpaired) electrons. The fraction of sp³-hybridized carbons (Fsp3) is 0.556. The van der Waals surface area contributed by atoms with Gasteiger partial charge in [0.1, 0.15) is 5.69 Å². The van der Waals surface area contributed by atoms with Crippen LogP contribution in [0.25, 0.3) is 0 Å². The second kappa shape index (κ2) is 4.54. The van der Waals surface area contributed by atoms with Gasteiger partial charge in [-0.15, -0.1) is 0 Å². The van der Waals surface area contributed by atoms with Crippen LogP contribution < -0.4 is 4.74 Å². The minimum atomic E-state index is -4.33. The van der Waals surface area contributed by atoms with Gasteiger partial charge in [0.05, 0.1) is 19.7 Å². The Labute approximate surface area is 90.0 Å². The molecule has 0 aliphatic rings. The molecule has 7 heteroatoms. The summed E-state index contributed by atoms with van der Waals surface area (Å²) in [7, 11) is 2.81. The lowest BCUT2D eigenvalue weighted by molar-refractivity contribution is -0.133. The number of aryl methyl sites for hydroxylation is 1. The number of alkyl halides is 3. The van der Waals surface area contributed by atoms with Crippen LogP contribution in [-0.2, 0) is 7.05 Å². The van der Waals surface area contributed by atoms with Crippen molar-refractivity contribution >= 4 is 5.78 Å². The monoisotopic (exact) mass is 236 g/mol. The number of hydrogen-bond acceptors (Lipinski definition) is 3. The van der Waals surface area contributed by atoms with Crippen LogP contribution in [0.1, 0.15) is 23.3 Å². The van der Waals surface area contributed by atoms with Gasteiger partial charge in [-0.1, -0.05) is 0 Å². The Bertz CT molecular complexity index is 385. The first-order valence-corrected chi connectivity index (χ1v) is 4.51. The quantitative estimate of drug-likeness (QED) is 0.750. The molecule has 0 saturated heterocycles. The number of nitrogens with zero attached hydrogens (tertiary/aromatic N) is 2. The molecule has 0 aliphatic heterocycles. The molecule has 0 atom stereocenters. The number of Topliss-reactive ketones (excluding diaryl/α,β-unsaturated/α-hetero) is 1. The number of carbonyl (C=O) groups excluding carboxylic acids is 1. The Morgan fingerprint density at radius 3 is 2.69 bits per heavy atom. The molecule has 0 aromatic carbocycles. The largest absolute Gasteiger partial charge is 0.493 e. The summed E-state index contributed by atoms with van der Waals surface area (Å²) >= 11 is 0. The van der Waals surface area contributed by atoms with Gasteiger partial charge in [0.2, 0.25) is 0 Å². The highest BCUT2D eigenvalue weighted by Gasteiger charge is 2.29. The molecule has 0 saturated carbocycles. The first-order valence-electron chi connectivity index (χ1n) is 4.51. The lowest BCUT2D eigenvalue weighted by atomic mass is 10.1. The molecule has 1 rings (SSSR count). The molecule has 16 heavy (non-hydrogen) atoms. The first-order chi connectivity index (χ1) is 7.35. The number of aromatic nitrogens is 2. The third-order valence-corrected chi connectivity index (χ3v) is 2.02. The fourth-order valence-electron chi connectivity index (χ4n) is 1.26. The molecule has 0 N–H and O–H groups in total. The van der Waals surface area contributed by atoms with Crippen molar-refractivity contribution < 1.29 is 22.7 Å². The molecular formula is C9H11F3N2O2. The van der Waals surface area contributed by atoms with Crippen LogP contribution in [0.15, 0.2) is 6.20 Å². The van der Waals surface area contributed by atoms with Crippen LogP contribution in [0.2, 0.25) is 0 Å². The topological polar surface area (TPSA) is 44.1 Å². The Kier molecular flexibility index (Phi) is 3.56. The van der Waals surface area contributed by atoms with Crippen molar-refractivity contribution in [3.05, 3.63) is 11.9 Å². The molecule has 0 unspecified atom stereocenters. The van der Waals surface area contributed by atoms with Gasteiger partial charge >= 0.3 is 6.18 Å². The van der Waals surface area contributed by atoms with Crippen molar-refractivity contribution in [1.29, 1.82) is 0 Å². The average Bonchev–Trinajstić information content (AvgIpc) is 2.55. The van der Waals surface area contributed by atoms with E-state index in [4.69, 9.17) is 4.74 Å². The predicted molar refractivity (Wildman–Crippen MR) is 49.4 cm³/mol. The first kappa shape index (κ1) is 12.5. The van der Waals surface area contributed by atoms with Crippen LogP contribution in [0, 0.1) is 0 Å². The molecule has 0 amide bonds. The van der Waals surface area contributed by atoms with Gasteiger partial charge in [0, 0.05) is 13.5 Å². The molecule has 0 fully saturated rings. The van der Waals surface area contributed by atoms with E-state index in [2.05, 4.69) is 5.10 Å². The number of ether oxygens (including phenoxy) is 1. The lowest BCUT2D eigenvalue weighted by Crippen LogP contribution is -2.14. The predicted octanol–water partition coefficient (Wildman–Crippen LogP) is 1.95. The molecule has 0 bridgehead atoms. The SMILES string of the molecule is COc1cnn(C)c1C(=O)CCC(F)(F)F. The number of carbonyl (C=O) groups is 1. The molecular weight excluding hydrogens is 225 g/mol. The third-order valence-electron chi connectivity index (χ3n) is 2.02. The molecule has 90 valence electrons. The third kappa shape index (κ3) is 2.98. The summed E-state index contributed by atoms with van der Waals surface area (Å²) in [5.74, 6) is -0.441. The maximum Gasteiger partial charge on any atom is 0.389 e. The van der Waals surface area contributed by atoms with E-state index in [9.17, 15) is 18.0 Å². The summed E-state index contributed by atoms with van der Waals surface area (Å²) in [5.41, 5.74) is 0.0618. The summed E-state index contributed by atoms with van der Waals surface area (Å²) in [6.45, 7) is 0. The van der Waals surface area contributed by atoms with Crippen LogP contribution in [0.3, 0.4) is 0 Å². The zero-order valence-corrected chi connectivity index (χ0v) is 8.84. The van der Waals surface area contributed by atoms with E-state index >= 15 is 0 Å². The molecule has 1 aromatic heterocycles. The average molecular weight is 236 g/mol. The minimum absolute atomic E-state index is 0.0618. The smallest absolute Gasteiger partial charge is 0.389 e. The summed E-state index contributed by atoms with van der Waals surface area (Å²) in [6.07, 6.45) is -4.78. The number of rotatable bonds is 4. The molecule has 1 aromatic rings. The van der Waals surface area contributed by atoms with Crippen molar-refractivity contribution in [3.63, 3.8) is 0 Å². The van der Waals surface area contributed by atoms with Crippen LogP contribution in [0.4, 0.5) is 13.2 Å². The maximum atomic E-state index is 11.9. The highest BCUT2D eigenvalue weighted by atomic mass is 19.4. The van der Waals surface area contributed by atoms with Gasteiger partial charge in [-0.25, -0.2) is 0 Å². The second-order valence-corrected chi connectivity index (χ2v) is 3.22. The fourth-order valence-corrected chi connectivity index (χ4v) is 1.26. The lowest BCUT2D eigenvalue weighted by Gasteiger charge is -2.06. The number of methoxy groups -OCH3 is 1. The van der Waals surface area contributed by atoms with Gasteiger partial charge in [-0.2, -0.15) is 18.3 Å². The van der Waals surface area contributed by atoms with E-state index in [0.29, 0.717) is 0 Å². The molecule has 1 heterocycles. The van der Waals surface area contributed by atoms with E-state index in [-0.39, 0.29) is 11.4 Å². The standard InChI is InChI=1S/C9H11F3N2O2/c1-14-8(7(16-2)5-13-14)6(15)3-4-9(10,11)12/h5H,3-4H2,1-2H3. The number of halogens is 3. The van der Waals surface area contributed by atoms with Crippen molar-refractivity contribution in [2.45, 2.75) is 19.0 Å². The van der Waals surface area contributed by atoms with E-state index < -0.39 is 24.8 Å². The molecule has 0 spiro atoms. The van der Waals surface area contributed by atoms with E-state index in [1.165, 1.54) is 25.0 Å². The Hall–Kier alpha value is -1.53. The van der Waals surface area contributed by atoms with Crippen molar-refractivity contribution in [2.75, 3.05) is 7.11 Å². The Morgan fingerprint density at radius 1 is 1.56 bits per heavy atom. The Balaban J connectivity index is 2.76. The van der Waals surface area contributed by atoms with Gasteiger partial charge in [-0.3, -0.25) is 9.48 Å². The summed E-state index contributed by atoms with van der Waals surface area (Å²) < 4.78 is 41.8. The van der Waals surface area contributed by atoms with Gasteiger partial charge in [0.15, 0.2) is 11.5 Å². The van der Waals surface area contributed by atoms with Crippen molar-refractivity contribution in [3.8, 4) is 5.75 Å². The number of hydrogen-bond donors (Lipinski definition) is 0. The second-order valence-electron chi connectivity index (χ2n) is 3.22. The summed E-state index contributed by atoms with van der Waals surface area (Å²) in [4.78, 5) is 11.5. The van der Waals surface area contributed by atoms with Crippen molar-refractivity contribution in [2.24, 2.45) is 7.05 Å². The van der Waals surface area contributed by atoms with E-state index in [1.54, 1.807) is 0 Å². The maximum absolute atomic E-state index is 11.9. The van der Waals surface area contributed by atoms with Crippen molar-refractivity contribution in [1.82, 2.24) is 9.78 Å². The van der Waals surface area contributed by atoms with Gasteiger partial charge in [-0.05, 0) is 0 Å². The highest BCUT2D eigenvalue weighted by Crippen LogP contribution is 2.25. The summed E-state index contributed by atoms with van der Waals surface area (Å²) in [6, 6.07) is 0. The van der Waals surface area contributed by atoms with Crippen LogP contribution in [0.5, 0.6) is 5.75 Å². The molecule has 0 aliphatic carbocycles. The summed E-state index contributed by atoms with van der Waals surface area (Å²) in [5, 5.41) is 3.74. The van der Waals surface area contributed by atoms with E-state index in [1.807, 2.05) is 0 Å². The van der Waals surface area contributed by atoms with Gasteiger partial charge < -0.3 is 4.74 Å². The Morgan fingerprint density at radius 2 is 2.19 bits per heavy atom. The van der Waals surface area contributed by atoms with E-state index in [0.717, 1.165) is 0 Å². The number of ketones is 1. The van der Waals surface area contributed by atoms with Crippen LogP contribution >= 0.6 is 0 Å². The molecule has 4 nitrogen and oxygen atoms in total. The zero-order chi connectivity index (χ0) is 12.3. The highest BCUT2D eigenvalue weighted by molar-refractivity contribution is 5.96.